The summed E-state index contributed by atoms with van der Waals surface area (Å²) in [6.07, 6.45) is 2.56. The maximum absolute atomic E-state index is 5.70. The van der Waals surface area contributed by atoms with E-state index in [-0.39, 0.29) is 0 Å². The van der Waals surface area contributed by atoms with Crippen LogP contribution in [0.5, 0.6) is 0 Å². The molecule has 0 bridgehead atoms. The molecule has 0 saturated carbocycles. The second kappa shape index (κ2) is 6.23. The van der Waals surface area contributed by atoms with Gasteiger partial charge in [-0.05, 0) is 0 Å². The molecule has 0 saturated heterocycles. The summed E-state index contributed by atoms with van der Waals surface area (Å²) in [7, 11) is 0. The van der Waals surface area contributed by atoms with Gasteiger partial charge in [-0.1, -0.05) is 0 Å². The van der Waals surface area contributed by atoms with Crippen molar-refractivity contribution in [2.75, 3.05) is 5.75 Å². The van der Waals surface area contributed by atoms with Gasteiger partial charge in [0.2, 0.25) is 0 Å². The Morgan fingerprint density at radius 3 is 2.50 bits per heavy atom. The van der Waals surface area contributed by atoms with Crippen LogP contribution < -0.4 is 3.96 Å². The molecule has 1 nitrogen and oxygen atoms in total. The van der Waals surface area contributed by atoms with Crippen LogP contribution >= 0.6 is 12.6 Å². The zero-order valence-corrected chi connectivity index (χ0v) is 9.10. The molecule has 0 aliphatic heterocycles. The average molecular weight is 239 g/mol. The maximum atomic E-state index is 5.70. The summed E-state index contributed by atoms with van der Waals surface area (Å²) in [6, 6.07) is 0. The van der Waals surface area contributed by atoms with E-state index in [1.165, 1.54) is 17.3 Å². The molecule has 48 valence electrons. The topological polar surface area (TPSA) is 26.0 Å². The molecule has 0 aliphatic carbocycles. The van der Waals surface area contributed by atoms with Gasteiger partial charge in [-0.15, -0.1) is 0 Å². The van der Waals surface area contributed by atoms with Crippen LogP contribution in [0.15, 0.2) is 0 Å². The Balaban J connectivity index is 2.72. The first-order valence-electron chi connectivity index (χ1n) is 2.96. The van der Waals surface area contributed by atoms with E-state index in [9.17, 15) is 0 Å². The van der Waals surface area contributed by atoms with E-state index < -0.39 is 20.0 Å². The van der Waals surface area contributed by atoms with Crippen LogP contribution in [0.3, 0.4) is 0 Å². The molecule has 0 aromatic carbocycles. The molecule has 2 N–H and O–H groups in total. The minimum atomic E-state index is -1.20. The Labute approximate surface area is 64.5 Å². The van der Waals surface area contributed by atoms with Crippen LogP contribution in [-0.2, 0) is 0 Å². The van der Waals surface area contributed by atoms with Crippen molar-refractivity contribution in [2.24, 2.45) is 3.96 Å². The molecular weight excluding hydrogens is 225 g/mol. The Bertz CT molecular complexity index is 49.7. The zero-order valence-electron chi connectivity index (χ0n) is 5.35. The fourth-order valence-electron chi connectivity index (χ4n) is 0.516. The standard InChI is InChI=1S/C4H9S.CH3.H2N.Sn/c1-2-3-4-5;;;/h5H,1-4H2;1H3;1H2;/q;;-1;+2. The third kappa shape index (κ3) is 7.11. The molecule has 8 heavy (non-hydrogen) atoms. The fraction of sp³-hybridized carbons (Fsp3) is 1.00. The fourth-order valence-corrected chi connectivity index (χ4v) is 3.04. The normalized spacial score (nSPS) is 9.38. The summed E-state index contributed by atoms with van der Waals surface area (Å²) in [5, 5.41) is 0. The Kier molecular flexibility index (Phi) is 7.10. The summed E-state index contributed by atoms with van der Waals surface area (Å²) < 4.78 is 7.04. The molecule has 0 radical (unpaired) electrons. The van der Waals surface area contributed by atoms with Crippen molar-refractivity contribution < 1.29 is 0 Å². The van der Waals surface area contributed by atoms with E-state index in [0.717, 1.165) is 5.75 Å². The van der Waals surface area contributed by atoms with E-state index in [1.54, 1.807) is 0 Å². The van der Waals surface area contributed by atoms with Crippen LogP contribution in [0, 0.1) is 0 Å². The molecule has 0 rings (SSSR count). The molecule has 0 heterocycles. The molecule has 0 unspecified atom stereocenters. The number of nitrogens with two attached hydrogens (primary N) is 1. The second-order valence-electron chi connectivity index (χ2n) is 2.03. The molecular formula is C5H14NSSn+. The average Bonchev–Trinajstić information content (AvgIpc) is 1.66. The molecule has 0 spiro atoms. The van der Waals surface area contributed by atoms with Crippen LogP contribution in [0.2, 0.25) is 9.38 Å². The zero-order chi connectivity index (χ0) is 6.41. The quantitative estimate of drug-likeness (QED) is 0.431. The van der Waals surface area contributed by atoms with Gasteiger partial charge >= 0.3 is 64.6 Å². The number of rotatable bonds is 4. The first kappa shape index (κ1) is 9.11. The molecule has 0 amide bonds. The van der Waals surface area contributed by atoms with Crippen molar-refractivity contribution in [3.05, 3.63) is 0 Å². The van der Waals surface area contributed by atoms with Crippen LogP contribution in [0.1, 0.15) is 12.8 Å². The van der Waals surface area contributed by atoms with Gasteiger partial charge in [-0.2, -0.15) is 0 Å². The van der Waals surface area contributed by atoms with Crippen molar-refractivity contribution in [3.63, 3.8) is 0 Å². The summed E-state index contributed by atoms with van der Waals surface area (Å²) in [6.45, 7) is 0. The van der Waals surface area contributed by atoms with Crippen molar-refractivity contribution in [1.82, 2.24) is 0 Å². The minimum absolute atomic E-state index is 1.02. The summed E-state index contributed by atoms with van der Waals surface area (Å²) >= 11 is 2.91. The predicted molar refractivity (Wildman–Crippen MR) is 43.7 cm³/mol. The van der Waals surface area contributed by atoms with E-state index in [1.807, 2.05) is 0 Å². The van der Waals surface area contributed by atoms with Crippen LogP contribution in [0.25, 0.3) is 0 Å². The van der Waals surface area contributed by atoms with Crippen molar-refractivity contribution in [1.29, 1.82) is 0 Å². The molecule has 0 atom stereocenters. The van der Waals surface area contributed by atoms with Crippen LogP contribution in [0.4, 0.5) is 0 Å². The van der Waals surface area contributed by atoms with Gasteiger partial charge in [-0.25, -0.2) is 0 Å². The summed E-state index contributed by atoms with van der Waals surface area (Å²) in [5.74, 6) is 1.02. The number of thiol groups is 1. The predicted octanol–water partition coefficient (Wildman–Crippen LogP) is 1.28. The second-order valence-corrected chi connectivity index (χ2v) is 8.73. The first-order valence-corrected chi connectivity index (χ1v) is 10.1. The van der Waals surface area contributed by atoms with Gasteiger partial charge < -0.3 is 0 Å². The number of hydrogen-bond acceptors (Lipinski definition) is 2. The number of hydrogen-bond donors (Lipinski definition) is 2. The van der Waals surface area contributed by atoms with E-state index >= 15 is 0 Å². The van der Waals surface area contributed by atoms with Gasteiger partial charge in [0.15, 0.2) is 0 Å². The third-order valence-corrected chi connectivity index (χ3v) is 4.56. The van der Waals surface area contributed by atoms with Gasteiger partial charge in [-0.3, -0.25) is 0 Å². The van der Waals surface area contributed by atoms with Gasteiger partial charge in [0.1, 0.15) is 0 Å². The Hall–Kier alpha value is 1.11. The number of unbranched alkanes of at least 4 members (excludes halogenated alkanes) is 1. The summed E-state index contributed by atoms with van der Waals surface area (Å²) in [5.41, 5.74) is 0. The van der Waals surface area contributed by atoms with Crippen molar-refractivity contribution in [2.45, 2.75) is 22.2 Å². The van der Waals surface area contributed by atoms with E-state index in [4.69, 9.17) is 3.96 Å². The van der Waals surface area contributed by atoms with Gasteiger partial charge in [0.25, 0.3) is 0 Å². The Morgan fingerprint density at radius 1 is 1.50 bits per heavy atom. The van der Waals surface area contributed by atoms with Crippen molar-refractivity contribution >= 4 is 32.7 Å². The van der Waals surface area contributed by atoms with Crippen LogP contribution in [-0.4, -0.2) is 25.8 Å². The Morgan fingerprint density at radius 2 is 2.12 bits per heavy atom. The molecule has 0 aromatic rings. The van der Waals surface area contributed by atoms with Gasteiger partial charge in [0, 0.05) is 0 Å². The van der Waals surface area contributed by atoms with E-state index in [2.05, 4.69) is 17.6 Å². The molecule has 0 aliphatic rings. The SMILES string of the molecule is [CH3][Sn+]([NH2])[CH2]CCCS. The molecule has 0 fully saturated rings. The van der Waals surface area contributed by atoms with E-state index in [0.29, 0.717) is 0 Å². The van der Waals surface area contributed by atoms with Crippen molar-refractivity contribution in [3.8, 4) is 0 Å². The monoisotopic (exact) mass is 240 g/mol. The van der Waals surface area contributed by atoms with Gasteiger partial charge in [0.05, 0.1) is 0 Å². The molecule has 3 heteroatoms. The first-order chi connectivity index (χ1) is 3.77. The third-order valence-electron chi connectivity index (χ3n) is 0.979. The molecule has 0 aromatic heterocycles. The summed E-state index contributed by atoms with van der Waals surface area (Å²) in [4.78, 5) is 2.24.